The zero-order valence-corrected chi connectivity index (χ0v) is 28.4. The monoisotopic (exact) mass is 700 g/mol. The lowest BCUT2D eigenvalue weighted by atomic mass is 10.1. The predicted octanol–water partition coefficient (Wildman–Crippen LogP) is 6.36. The maximum atomic E-state index is 12.6. The molecule has 6 rings (SSSR count). The summed E-state index contributed by atoms with van der Waals surface area (Å²) in [5, 5.41) is 10.1. The van der Waals surface area contributed by atoms with Crippen LogP contribution in [0.3, 0.4) is 0 Å². The van der Waals surface area contributed by atoms with Crippen LogP contribution in [-0.4, -0.2) is 50.1 Å². The molecule has 4 aromatic heterocycles. The number of carboxylic acid groups (broad SMARTS) is 1. The van der Waals surface area contributed by atoms with Gasteiger partial charge in [0.25, 0.3) is 11.8 Å². The Morgan fingerprint density at radius 3 is 1.43 bits per heavy atom. The highest BCUT2D eigenvalue weighted by Gasteiger charge is 2.21. The van der Waals surface area contributed by atoms with E-state index in [1.807, 2.05) is 38.1 Å². The van der Waals surface area contributed by atoms with Crippen LogP contribution in [0.5, 0.6) is 0 Å². The third-order valence-corrected chi connectivity index (χ3v) is 9.60. The number of rotatable bonds is 6. The van der Waals surface area contributed by atoms with Gasteiger partial charge < -0.3 is 28.5 Å². The lowest BCUT2D eigenvalue weighted by molar-refractivity contribution is 0.0595. The number of aromatic carboxylic acids is 1. The van der Waals surface area contributed by atoms with E-state index >= 15 is 0 Å². The topological polar surface area (TPSA) is 165 Å². The Morgan fingerprint density at radius 2 is 1.04 bits per heavy atom. The first-order valence-corrected chi connectivity index (χ1v) is 16.1. The largest absolute Gasteiger partial charge is 0.477 e. The number of carbonyl (C=O) groups is 4. The molecule has 4 heterocycles. The molecular weight excluding hydrogens is 673 g/mol. The molecule has 0 aliphatic heterocycles. The number of anilines is 2. The van der Waals surface area contributed by atoms with Gasteiger partial charge in [-0.3, -0.25) is 9.59 Å². The molecule has 0 radical (unpaired) electrons. The normalized spacial score (nSPS) is 10.7. The number of nitrogens with zero attached hydrogens (tertiary/aromatic N) is 2. The van der Waals surface area contributed by atoms with Crippen molar-refractivity contribution < 1.29 is 37.9 Å². The quantitative estimate of drug-likeness (QED) is 0.193. The van der Waals surface area contributed by atoms with E-state index in [4.69, 9.17) is 13.9 Å². The van der Waals surface area contributed by atoms with Crippen LogP contribution < -0.4 is 21.1 Å². The van der Waals surface area contributed by atoms with Crippen LogP contribution >= 0.6 is 22.7 Å². The molecule has 14 heteroatoms. The Kier molecular flexibility index (Phi) is 9.91. The second-order valence-corrected chi connectivity index (χ2v) is 12.9. The number of esters is 1. The molecule has 0 unspecified atom stereocenters. The molecule has 0 aliphatic carbocycles. The number of amides is 2. The predicted molar refractivity (Wildman–Crippen MR) is 187 cm³/mol. The number of hydrogen-bond acceptors (Lipinski definition) is 11. The molecule has 0 spiro atoms. The summed E-state index contributed by atoms with van der Waals surface area (Å²) in [4.78, 5) is 74.1. The molecule has 250 valence electrons. The van der Waals surface area contributed by atoms with E-state index in [2.05, 4.69) is 4.74 Å². The zero-order chi connectivity index (χ0) is 35.6. The van der Waals surface area contributed by atoms with Gasteiger partial charge in [0.15, 0.2) is 11.2 Å². The van der Waals surface area contributed by atoms with Crippen molar-refractivity contribution in [1.82, 2.24) is 0 Å². The summed E-state index contributed by atoms with van der Waals surface area (Å²) in [6.45, 7) is 3.89. The second kappa shape index (κ2) is 14.1. The first kappa shape index (κ1) is 34.5. The number of methoxy groups -OCH3 is 1. The Morgan fingerprint density at radius 1 is 0.653 bits per heavy atom. The zero-order valence-electron chi connectivity index (χ0n) is 26.8. The molecule has 2 aromatic carbocycles. The molecule has 1 N–H and O–H groups in total. The molecule has 49 heavy (non-hydrogen) atoms. The molecule has 0 fully saturated rings. The minimum atomic E-state index is -1.34. The summed E-state index contributed by atoms with van der Waals surface area (Å²) < 4.78 is 15.8. The number of carbonyl (C=O) groups excluding carboxylic acids is 3. The van der Waals surface area contributed by atoms with E-state index in [9.17, 15) is 28.8 Å². The van der Waals surface area contributed by atoms with Gasteiger partial charge in [0.05, 0.1) is 16.5 Å². The molecule has 0 saturated heterocycles. The molecule has 12 nitrogen and oxygen atoms in total. The number of ether oxygens (including phenoxy) is 1. The molecule has 6 aromatic rings. The number of benzene rings is 2. The van der Waals surface area contributed by atoms with Crippen LogP contribution in [-0.2, 0) is 4.74 Å². The van der Waals surface area contributed by atoms with Crippen LogP contribution in [0.1, 0.15) is 52.6 Å². The Balaban J connectivity index is 0.000000191. The number of fused-ring (bicyclic) bond motifs is 2. The molecule has 0 aliphatic rings. The molecule has 0 bridgehead atoms. The van der Waals surface area contributed by atoms with Crippen LogP contribution in [0.4, 0.5) is 10.0 Å². The highest BCUT2D eigenvalue weighted by Crippen LogP contribution is 2.33. The van der Waals surface area contributed by atoms with Gasteiger partial charge in [0, 0.05) is 37.4 Å². The third kappa shape index (κ3) is 7.35. The standard InChI is InChI=1S/C18H15NO5S.C17H13NO5S/c1-10-4-6-11(7-5-10)16(20)19(2)15-9-13-14(25-15)8-12(17(21)23-3)18(22)24-13;1-9-3-5-10(6-4-9)15(19)18(2)14-8-12-13(24-14)7-11(16(20)21)17(22)23-12/h4-9H,1-3H3;3-8H,1-2H3,(H,20,21). The van der Waals surface area contributed by atoms with E-state index in [1.54, 1.807) is 50.5 Å². The fourth-order valence-corrected chi connectivity index (χ4v) is 6.49. The van der Waals surface area contributed by atoms with Crippen LogP contribution in [0.25, 0.3) is 20.6 Å². The summed E-state index contributed by atoms with van der Waals surface area (Å²) in [6, 6.07) is 20.3. The summed E-state index contributed by atoms with van der Waals surface area (Å²) in [6.07, 6.45) is 0. The first-order chi connectivity index (χ1) is 23.3. The van der Waals surface area contributed by atoms with Crippen LogP contribution in [0.2, 0.25) is 0 Å². The Bertz CT molecular complexity index is 2350. The van der Waals surface area contributed by atoms with Gasteiger partial charge in [-0.25, -0.2) is 19.2 Å². The highest BCUT2D eigenvalue weighted by molar-refractivity contribution is 7.23. The van der Waals surface area contributed by atoms with Gasteiger partial charge in [-0.05, 0) is 50.2 Å². The maximum absolute atomic E-state index is 12.6. The van der Waals surface area contributed by atoms with Crippen molar-refractivity contribution in [3.8, 4) is 0 Å². The molecule has 2 amide bonds. The third-order valence-electron chi connectivity index (χ3n) is 7.32. The van der Waals surface area contributed by atoms with Crippen molar-refractivity contribution in [3.05, 3.63) is 127 Å². The van der Waals surface area contributed by atoms with E-state index in [0.29, 0.717) is 36.1 Å². The van der Waals surface area contributed by atoms with E-state index in [-0.39, 0.29) is 23.0 Å². The van der Waals surface area contributed by atoms with Crippen LogP contribution in [0.15, 0.2) is 91.2 Å². The van der Waals surface area contributed by atoms with Crippen LogP contribution in [0, 0.1) is 13.8 Å². The van der Waals surface area contributed by atoms with Gasteiger partial charge in [0.2, 0.25) is 0 Å². The minimum Gasteiger partial charge on any atom is -0.477 e. The lowest BCUT2D eigenvalue weighted by Crippen LogP contribution is -2.25. The van der Waals surface area contributed by atoms with Crippen molar-refractivity contribution >= 4 is 77.0 Å². The minimum absolute atomic E-state index is 0.170. The van der Waals surface area contributed by atoms with E-state index < -0.39 is 28.8 Å². The second-order valence-electron chi connectivity index (χ2n) is 10.8. The number of hydrogen-bond donors (Lipinski definition) is 1. The van der Waals surface area contributed by atoms with Gasteiger partial charge in [-0.15, -0.1) is 22.7 Å². The number of thiophene rings is 2. The number of carboxylic acids is 1. The van der Waals surface area contributed by atoms with Crippen molar-refractivity contribution in [2.45, 2.75) is 13.8 Å². The fraction of sp³-hybridized carbons (Fsp3) is 0.143. The molecular formula is C35H28N2O10S2. The van der Waals surface area contributed by atoms with Crippen molar-refractivity contribution in [2.75, 3.05) is 31.0 Å². The fourth-order valence-electron chi connectivity index (χ4n) is 4.51. The summed E-state index contributed by atoms with van der Waals surface area (Å²) in [5.74, 6) is -2.48. The first-order valence-electron chi connectivity index (χ1n) is 14.4. The summed E-state index contributed by atoms with van der Waals surface area (Å²) >= 11 is 2.43. The van der Waals surface area contributed by atoms with Gasteiger partial charge >= 0.3 is 23.2 Å². The van der Waals surface area contributed by atoms with Crippen molar-refractivity contribution in [3.63, 3.8) is 0 Å². The maximum Gasteiger partial charge on any atom is 0.351 e. The number of aryl methyl sites for hydroxylation is 2. The average molecular weight is 701 g/mol. The van der Waals surface area contributed by atoms with Crippen molar-refractivity contribution in [2.24, 2.45) is 0 Å². The van der Waals surface area contributed by atoms with E-state index in [0.717, 1.165) is 11.1 Å². The summed E-state index contributed by atoms with van der Waals surface area (Å²) in [7, 11) is 4.45. The lowest BCUT2D eigenvalue weighted by Gasteiger charge is -2.14. The summed E-state index contributed by atoms with van der Waals surface area (Å²) in [5.41, 5.74) is 1.52. The molecule has 0 saturated carbocycles. The highest BCUT2D eigenvalue weighted by atomic mass is 32.1. The van der Waals surface area contributed by atoms with Gasteiger partial charge in [-0.1, -0.05) is 35.4 Å². The Labute approximate surface area is 286 Å². The van der Waals surface area contributed by atoms with Gasteiger partial charge in [-0.2, -0.15) is 0 Å². The average Bonchev–Trinajstić information content (AvgIpc) is 3.70. The molecule has 0 atom stereocenters. The smallest absolute Gasteiger partial charge is 0.351 e. The SMILES string of the molecule is COC(=O)c1cc2sc(N(C)C(=O)c3ccc(C)cc3)cc2oc1=O.Cc1ccc(C(=O)N(C)c2cc3oc(=O)c(C(=O)O)cc3s2)cc1. The van der Waals surface area contributed by atoms with Gasteiger partial charge in [0.1, 0.15) is 21.1 Å². The Hall–Kier alpha value is -5.86. The van der Waals surface area contributed by atoms with E-state index in [1.165, 1.54) is 51.7 Å². The van der Waals surface area contributed by atoms with Crippen molar-refractivity contribution in [1.29, 1.82) is 0 Å².